The van der Waals surface area contributed by atoms with Crippen molar-refractivity contribution in [1.82, 2.24) is 5.32 Å². The summed E-state index contributed by atoms with van der Waals surface area (Å²) in [5, 5.41) is 3.72. The van der Waals surface area contributed by atoms with Crippen molar-refractivity contribution in [3.05, 3.63) is 46.5 Å². The molecule has 0 spiro atoms. The van der Waals surface area contributed by atoms with Gasteiger partial charge in [-0.25, -0.2) is 0 Å². The van der Waals surface area contributed by atoms with Crippen LogP contribution < -0.4 is 5.32 Å². The fourth-order valence-electron chi connectivity index (χ4n) is 3.37. The molecule has 0 radical (unpaired) electrons. The van der Waals surface area contributed by atoms with Crippen LogP contribution in [-0.2, 0) is 6.42 Å². The van der Waals surface area contributed by atoms with Crippen molar-refractivity contribution in [3.63, 3.8) is 0 Å². The summed E-state index contributed by atoms with van der Waals surface area (Å²) >= 11 is 0. The Balaban J connectivity index is 1.77. The molecule has 1 aliphatic carbocycles. The zero-order valence-corrected chi connectivity index (χ0v) is 11.3. The monoisotopic (exact) mass is 241 g/mol. The maximum atomic E-state index is 3.72. The van der Waals surface area contributed by atoms with Crippen molar-refractivity contribution in [1.29, 1.82) is 0 Å². The minimum absolute atomic E-state index is 0.608. The van der Waals surface area contributed by atoms with Gasteiger partial charge in [-0.3, -0.25) is 0 Å². The highest BCUT2D eigenvalue weighted by atomic mass is 14.9. The maximum Gasteiger partial charge on any atom is 0.0322 e. The molecule has 1 nitrogen and oxygen atoms in total. The third-order valence-electron chi connectivity index (χ3n) is 4.43. The number of hydrogen-bond acceptors (Lipinski definition) is 1. The molecule has 96 valence electrons. The first-order valence-electron chi connectivity index (χ1n) is 7.32. The van der Waals surface area contributed by atoms with E-state index in [2.05, 4.69) is 36.5 Å². The van der Waals surface area contributed by atoms with Gasteiger partial charge in [-0.15, -0.1) is 0 Å². The quantitative estimate of drug-likeness (QED) is 0.777. The van der Waals surface area contributed by atoms with E-state index in [1.807, 2.05) is 0 Å². The van der Waals surface area contributed by atoms with E-state index in [0.29, 0.717) is 6.04 Å². The van der Waals surface area contributed by atoms with Crippen LogP contribution >= 0.6 is 0 Å². The molecular weight excluding hydrogens is 218 g/mol. The van der Waals surface area contributed by atoms with E-state index in [1.165, 1.54) is 56.2 Å². The number of rotatable bonds is 2. The van der Waals surface area contributed by atoms with Gasteiger partial charge in [0, 0.05) is 6.04 Å². The Hall–Kier alpha value is -1.08. The molecule has 18 heavy (non-hydrogen) atoms. The van der Waals surface area contributed by atoms with Gasteiger partial charge in [0.2, 0.25) is 0 Å². The highest BCUT2D eigenvalue weighted by molar-refractivity contribution is 5.29. The van der Waals surface area contributed by atoms with Gasteiger partial charge in [0.05, 0.1) is 0 Å². The fourth-order valence-corrected chi connectivity index (χ4v) is 3.37. The molecule has 0 saturated carbocycles. The molecule has 0 saturated heterocycles. The van der Waals surface area contributed by atoms with E-state index >= 15 is 0 Å². The number of aryl methyl sites for hydroxylation is 1. The molecule has 1 aromatic carbocycles. The van der Waals surface area contributed by atoms with Gasteiger partial charge in [0.25, 0.3) is 0 Å². The van der Waals surface area contributed by atoms with Crippen LogP contribution in [0.15, 0.2) is 35.4 Å². The molecule has 2 aliphatic rings. The number of nitrogens with one attached hydrogen (secondary N) is 1. The molecule has 1 aromatic rings. The Kier molecular flexibility index (Phi) is 3.51. The Morgan fingerprint density at radius 2 is 1.83 bits per heavy atom. The van der Waals surface area contributed by atoms with E-state index in [-0.39, 0.29) is 0 Å². The summed E-state index contributed by atoms with van der Waals surface area (Å²) in [6.45, 7) is 3.33. The van der Waals surface area contributed by atoms with Crippen molar-refractivity contribution >= 4 is 0 Å². The van der Waals surface area contributed by atoms with Gasteiger partial charge in [-0.1, -0.05) is 41.0 Å². The largest absolute Gasteiger partial charge is 0.310 e. The zero-order valence-electron chi connectivity index (χ0n) is 11.3. The summed E-state index contributed by atoms with van der Waals surface area (Å²) in [7, 11) is 0. The lowest BCUT2D eigenvalue weighted by atomic mass is 9.81. The summed E-state index contributed by atoms with van der Waals surface area (Å²) in [6, 6.07) is 9.64. The average molecular weight is 241 g/mol. The maximum absolute atomic E-state index is 3.72. The molecule has 3 rings (SSSR count). The highest BCUT2D eigenvalue weighted by Gasteiger charge is 2.24. The van der Waals surface area contributed by atoms with Gasteiger partial charge in [0.1, 0.15) is 0 Å². The first-order valence-corrected chi connectivity index (χ1v) is 7.32. The summed E-state index contributed by atoms with van der Waals surface area (Å²) in [4.78, 5) is 0. The second-order valence-corrected chi connectivity index (χ2v) is 5.78. The van der Waals surface area contributed by atoms with Crippen LogP contribution in [-0.4, -0.2) is 12.6 Å². The molecule has 1 heteroatoms. The van der Waals surface area contributed by atoms with Gasteiger partial charge in [-0.05, 0) is 57.6 Å². The molecule has 0 bridgehead atoms. The van der Waals surface area contributed by atoms with Crippen LogP contribution in [0.3, 0.4) is 0 Å². The van der Waals surface area contributed by atoms with Gasteiger partial charge in [-0.2, -0.15) is 0 Å². The summed E-state index contributed by atoms with van der Waals surface area (Å²) in [5.41, 5.74) is 6.34. The minimum atomic E-state index is 0.608. The first kappa shape index (κ1) is 12.0. The van der Waals surface area contributed by atoms with Crippen LogP contribution in [0, 0.1) is 6.92 Å². The Morgan fingerprint density at radius 1 is 1.06 bits per heavy atom. The van der Waals surface area contributed by atoms with E-state index in [0.717, 1.165) is 0 Å². The van der Waals surface area contributed by atoms with E-state index in [1.54, 1.807) is 11.1 Å². The van der Waals surface area contributed by atoms with Crippen LogP contribution in [0.2, 0.25) is 0 Å². The molecule has 0 fully saturated rings. The lowest BCUT2D eigenvalue weighted by Gasteiger charge is -2.33. The summed E-state index contributed by atoms with van der Waals surface area (Å²) in [6.07, 6.45) is 7.96. The molecule has 1 aliphatic heterocycles. The predicted octanol–water partition coefficient (Wildman–Crippen LogP) is 3.77. The lowest BCUT2D eigenvalue weighted by molar-refractivity contribution is 0.474. The molecule has 0 amide bonds. The average Bonchev–Trinajstić information content (AvgIpc) is 2.42. The molecule has 1 atom stereocenters. The zero-order chi connectivity index (χ0) is 12.4. The summed E-state index contributed by atoms with van der Waals surface area (Å²) < 4.78 is 0. The SMILES string of the molecule is Cc1ccc(C[C@H]2NCCC3=C2CCCC3)cc1. The molecule has 0 aromatic heterocycles. The lowest BCUT2D eigenvalue weighted by Crippen LogP contribution is -2.39. The standard InChI is InChI=1S/C17H23N/c1-13-6-8-14(9-7-13)12-17-16-5-3-2-4-15(16)10-11-18-17/h6-9,17-18H,2-5,10-12H2,1H3/t17-/m1/s1. The van der Waals surface area contributed by atoms with Crippen LogP contribution in [0.25, 0.3) is 0 Å². The summed E-state index contributed by atoms with van der Waals surface area (Å²) in [5.74, 6) is 0. The van der Waals surface area contributed by atoms with Crippen molar-refractivity contribution in [2.75, 3.05) is 6.54 Å². The van der Waals surface area contributed by atoms with Crippen molar-refractivity contribution in [2.24, 2.45) is 0 Å². The van der Waals surface area contributed by atoms with E-state index < -0.39 is 0 Å². The Morgan fingerprint density at radius 3 is 2.67 bits per heavy atom. The Bertz CT molecular complexity index is 437. The van der Waals surface area contributed by atoms with Crippen molar-refractivity contribution in [2.45, 2.75) is 51.5 Å². The molecule has 0 unspecified atom stereocenters. The highest BCUT2D eigenvalue weighted by Crippen LogP contribution is 2.32. The first-order chi connectivity index (χ1) is 8.83. The normalized spacial score (nSPS) is 23.9. The van der Waals surface area contributed by atoms with Gasteiger partial charge < -0.3 is 5.32 Å². The predicted molar refractivity (Wildman–Crippen MR) is 76.8 cm³/mol. The smallest absolute Gasteiger partial charge is 0.0322 e. The van der Waals surface area contributed by atoms with Gasteiger partial charge in [0.15, 0.2) is 0 Å². The third kappa shape index (κ3) is 2.51. The second kappa shape index (κ2) is 5.27. The van der Waals surface area contributed by atoms with Gasteiger partial charge >= 0.3 is 0 Å². The topological polar surface area (TPSA) is 12.0 Å². The fraction of sp³-hybridized carbons (Fsp3) is 0.529. The number of hydrogen-bond donors (Lipinski definition) is 1. The second-order valence-electron chi connectivity index (χ2n) is 5.78. The molecule has 1 N–H and O–H groups in total. The van der Waals surface area contributed by atoms with Crippen LogP contribution in [0.5, 0.6) is 0 Å². The van der Waals surface area contributed by atoms with E-state index in [4.69, 9.17) is 0 Å². The minimum Gasteiger partial charge on any atom is -0.310 e. The molecule has 1 heterocycles. The number of benzene rings is 1. The molecular formula is C17H23N. The Labute approximate surface area is 110 Å². The van der Waals surface area contributed by atoms with Crippen LogP contribution in [0.1, 0.15) is 43.2 Å². The van der Waals surface area contributed by atoms with Crippen molar-refractivity contribution in [3.8, 4) is 0 Å². The van der Waals surface area contributed by atoms with Crippen molar-refractivity contribution < 1.29 is 0 Å². The third-order valence-corrected chi connectivity index (χ3v) is 4.43. The van der Waals surface area contributed by atoms with Crippen LogP contribution in [0.4, 0.5) is 0 Å². The van der Waals surface area contributed by atoms with E-state index in [9.17, 15) is 0 Å².